The third-order valence-electron chi connectivity index (χ3n) is 2.58. The summed E-state index contributed by atoms with van der Waals surface area (Å²) in [5.41, 5.74) is 0. The van der Waals surface area contributed by atoms with Crippen molar-refractivity contribution in [1.29, 1.82) is 0 Å². The normalized spacial score (nSPS) is 23.0. The fourth-order valence-electron chi connectivity index (χ4n) is 1.75. The van der Waals surface area contributed by atoms with E-state index in [0.717, 1.165) is 29.7 Å². The van der Waals surface area contributed by atoms with Crippen molar-refractivity contribution in [3.05, 3.63) is 5.82 Å². The van der Waals surface area contributed by atoms with E-state index in [0.29, 0.717) is 5.75 Å². The zero-order valence-corrected chi connectivity index (χ0v) is 11.3. The van der Waals surface area contributed by atoms with Gasteiger partial charge in [-0.25, -0.2) is 13.4 Å². The average molecular weight is 276 g/mol. The van der Waals surface area contributed by atoms with Crippen LogP contribution in [0.1, 0.15) is 12.2 Å². The summed E-state index contributed by atoms with van der Waals surface area (Å²) in [5, 5.41) is 10.8. The van der Waals surface area contributed by atoms with Crippen molar-refractivity contribution in [2.45, 2.75) is 24.5 Å². The maximum Gasteiger partial charge on any atom is 0.208 e. The lowest BCUT2D eigenvalue weighted by atomic mass is 10.3. The van der Waals surface area contributed by atoms with Gasteiger partial charge in [-0.1, -0.05) is 11.8 Å². The summed E-state index contributed by atoms with van der Waals surface area (Å²) in [7, 11) is -2.78. The summed E-state index contributed by atoms with van der Waals surface area (Å²) in [5.74, 6) is 2.24. The highest BCUT2D eigenvalue weighted by atomic mass is 32.2. The Hall–Kier alpha value is -0.600. The number of aromatic amines is 1. The molecule has 1 aliphatic rings. The van der Waals surface area contributed by atoms with Crippen LogP contribution in [0.2, 0.25) is 0 Å². The number of H-pyrrole nitrogens is 1. The molecule has 0 amide bonds. The van der Waals surface area contributed by atoms with E-state index in [1.807, 2.05) is 6.92 Å². The Morgan fingerprint density at radius 1 is 1.59 bits per heavy atom. The Morgan fingerprint density at radius 3 is 3.00 bits per heavy atom. The molecule has 0 aliphatic carbocycles. The molecule has 96 valence electrons. The lowest BCUT2D eigenvalue weighted by Gasteiger charge is -2.08. The van der Waals surface area contributed by atoms with Crippen LogP contribution in [0.25, 0.3) is 0 Å². The molecule has 2 rings (SSSR count). The number of hydrogen-bond acceptors (Lipinski definition) is 6. The fraction of sp³-hybridized carbons (Fsp3) is 0.778. The molecule has 1 aliphatic heterocycles. The number of sulfone groups is 1. The summed E-state index contributed by atoms with van der Waals surface area (Å²) in [4.78, 5) is 4.18. The molecule has 1 aromatic rings. The van der Waals surface area contributed by atoms with E-state index < -0.39 is 9.84 Å². The molecule has 0 bridgehead atoms. The Morgan fingerprint density at radius 2 is 2.41 bits per heavy atom. The van der Waals surface area contributed by atoms with Crippen LogP contribution in [-0.4, -0.2) is 53.4 Å². The SMILES string of the molecule is Cc1nc(SCCNC2CCS(=O)(=O)C2)n[nH]1. The number of thioether (sulfide) groups is 1. The molecule has 17 heavy (non-hydrogen) atoms. The molecule has 1 atom stereocenters. The summed E-state index contributed by atoms with van der Waals surface area (Å²) < 4.78 is 22.5. The standard InChI is InChI=1S/C9H16N4O2S2/c1-7-11-9(13-12-7)16-4-3-10-8-2-5-17(14,15)6-8/h8,10H,2-6H2,1H3,(H,11,12,13). The van der Waals surface area contributed by atoms with Crippen LogP contribution in [0.5, 0.6) is 0 Å². The molecule has 0 saturated carbocycles. The topological polar surface area (TPSA) is 87.7 Å². The number of aryl methyl sites for hydroxylation is 1. The molecule has 1 fully saturated rings. The quantitative estimate of drug-likeness (QED) is 0.580. The molecule has 8 heteroatoms. The third kappa shape index (κ3) is 3.97. The van der Waals surface area contributed by atoms with Crippen LogP contribution in [0.4, 0.5) is 0 Å². The van der Waals surface area contributed by atoms with Crippen molar-refractivity contribution in [2.24, 2.45) is 0 Å². The Labute approximate surface area is 105 Å². The third-order valence-corrected chi connectivity index (χ3v) is 5.19. The molecule has 6 nitrogen and oxygen atoms in total. The molecule has 1 aromatic heterocycles. The average Bonchev–Trinajstić information content (AvgIpc) is 2.80. The van der Waals surface area contributed by atoms with E-state index in [1.165, 1.54) is 0 Å². The number of hydrogen-bond donors (Lipinski definition) is 2. The lowest BCUT2D eigenvalue weighted by Crippen LogP contribution is -2.31. The first kappa shape index (κ1) is 12.8. The molecular formula is C9H16N4O2S2. The van der Waals surface area contributed by atoms with E-state index in [1.54, 1.807) is 11.8 Å². The predicted molar refractivity (Wildman–Crippen MR) is 66.9 cm³/mol. The maximum atomic E-state index is 11.2. The summed E-state index contributed by atoms with van der Waals surface area (Å²) >= 11 is 1.56. The van der Waals surface area contributed by atoms with Gasteiger partial charge in [0, 0.05) is 18.3 Å². The van der Waals surface area contributed by atoms with Gasteiger partial charge in [-0.15, -0.1) is 5.10 Å². The molecule has 0 radical (unpaired) electrons. The van der Waals surface area contributed by atoms with Gasteiger partial charge in [-0.2, -0.15) is 0 Å². The van der Waals surface area contributed by atoms with E-state index in [-0.39, 0.29) is 11.8 Å². The minimum absolute atomic E-state index is 0.120. The van der Waals surface area contributed by atoms with Crippen LogP contribution < -0.4 is 5.32 Å². The van der Waals surface area contributed by atoms with E-state index in [9.17, 15) is 8.42 Å². The largest absolute Gasteiger partial charge is 0.312 e. The second kappa shape index (κ2) is 5.36. The van der Waals surface area contributed by atoms with E-state index >= 15 is 0 Å². The van der Waals surface area contributed by atoms with Gasteiger partial charge in [-0.05, 0) is 13.3 Å². The fourth-order valence-corrected chi connectivity index (χ4v) is 4.17. The van der Waals surface area contributed by atoms with Gasteiger partial charge in [0.2, 0.25) is 5.16 Å². The van der Waals surface area contributed by atoms with Gasteiger partial charge in [0.05, 0.1) is 11.5 Å². The van der Waals surface area contributed by atoms with Gasteiger partial charge in [-0.3, -0.25) is 5.10 Å². The highest BCUT2D eigenvalue weighted by molar-refractivity contribution is 7.99. The second-order valence-electron chi connectivity index (χ2n) is 4.11. The van der Waals surface area contributed by atoms with Crippen LogP contribution in [0.3, 0.4) is 0 Å². The highest BCUT2D eigenvalue weighted by Crippen LogP contribution is 2.13. The molecule has 2 N–H and O–H groups in total. The first-order valence-corrected chi connectivity index (χ1v) is 8.31. The summed E-state index contributed by atoms with van der Waals surface area (Å²) in [6, 6.07) is 0.120. The van der Waals surface area contributed by atoms with Crippen LogP contribution in [0.15, 0.2) is 5.16 Å². The minimum atomic E-state index is -2.78. The maximum absolute atomic E-state index is 11.2. The lowest BCUT2D eigenvalue weighted by molar-refractivity contribution is 0.574. The molecule has 1 unspecified atom stereocenters. The summed E-state index contributed by atoms with van der Waals surface area (Å²) in [6.45, 7) is 2.64. The highest BCUT2D eigenvalue weighted by Gasteiger charge is 2.26. The smallest absolute Gasteiger partial charge is 0.208 e. The number of nitrogens with one attached hydrogen (secondary N) is 2. The monoisotopic (exact) mass is 276 g/mol. The van der Waals surface area contributed by atoms with Crippen molar-refractivity contribution in [1.82, 2.24) is 20.5 Å². The number of aromatic nitrogens is 3. The first-order chi connectivity index (χ1) is 8.05. The van der Waals surface area contributed by atoms with Gasteiger partial charge in [0.15, 0.2) is 9.84 Å². The van der Waals surface area contributed by atoms with Gasteiger partial charge in [0.1, 0.15) is 5.82 Å². The van der Waals surface area contributed by atoms with Gasteiger partial charge in [0.25, 0.3) is 0 Å². The van der Waals surface area contributed by atoms with Crippen molar-refractivity contribution in [2.75, 3.05) is 23.8 Å². The van der Waals surface area contributed by atoms with Crippen molar-refractivity contribution in [3.8, 4) is 0 Å². The molecule has 2 heterocycles. The van der Waals surface area contributed by atoms with Crippen LogP contribution in [0, 0.1) is 6.92 Å². The van der Waals surface area contributed by atoms with Crippen molar-refractivity contribution in [3.63, 3.8) is 0 Å². The Balaban J connectivity index is 1.64. The van der Waals surface area contributed by atoms with Crippen LogP contribution >= 0.6 is 11.8 Å². The summed E-state index contributed by atoms with van der Waals surface area (Å²) in [6.07, 6.45) is 0.729. The molecular weight excluding hydrogens is 260 g/mol. The zero-order valence-electron chi connectivity index (χ0n) is 9.64. The number of rotatable bonds is 5. The van der Waals surface area contributed by atoms with E-state index in [2.05, 4.69) is 20.5 Å². The predicted octanol–water partition coefficient (Wildman–Crippen LogP) is -0.0181. The second-order valence-corrected chi connectivity index (χ2v) is 7.40. The number of nitrogens with zero attached hydrogens (tertiary/aromatic N) is 2. The minimum Gasteiger partial charge on any atom is -0.312 e. The molecule has 0 aromatic carbocycles. The Kier molecular flexibility index (Phi) is 4.05. The van der Waals surface area contributed by atoms with Gasteiger partial charge < -0.3 is 5.32 Å². The first-order valence-electron chi connectivity index (χ1n) is 5.51. The van der Waals surface area contributed by atoms with Gasteiger partial charge >= 0.3 is 0 Å². The Bertz CT molecular complexity index is 471. The van der Waals surface area contributed by atoms with Crippen LogP contribution in [-0.2, 0) is 9.84 Å². The zero-order chi connectivity index (χ0) is 12.3. The molecule has 1 saturated heterocycles. The van der Waals surface area contributed by atoms with Crippen molar-refractivity contribution < 1.29 is 8.42 Å². The van der Waals surface area contributed by atoms with Crippen molar-refractivity contribution >= 4 is 21.6 Å². The molecule has 0 spiro atoms. The van der Waals surface area contributed by atoms with E-state index in [4.69, 9.17) is 0 Å².